The quantitative estimate of drug-likeness (QED) is 0.209. The standard InChI is InChI=1S/C21H18N2O4S3/c1-21(2)19-18(20(28)30-29-19)15-11-14(27-3)8-9-16(15)22(21)17(24)10-12-4-6-13(7-5-12)23(25)26/h4-9,11H,10H2,1-3H3. The second-order valence-electron chi connectivity index (χ2n) is 7.43. The largest absolute Gasteiger partial charge is 0.497 e. The van der Waals surface area contributed by atoms with Crippen LogP contribution in [0.15, 0.2) is 42.5 Å². The van der Waals surface area contributed by atoms with Crippen molar-refractivity contribution in [2.45, 2.75) is 25.8 Å². The molecule has 0 spiro atoms. The summed E-state index contributed by atoms with van der Waals surface area (Å²) in [6.07, 6.45) is 0.137. The molecule has 0 N–H and O–H groups in total. The molecule has 9 heteroatoms. The number of fused-ring (bicyclic) bond motifs is 3. The first kappa shape index (κ1) is 20.6. The first-order valence-electron chi connectivity index (χ1n) is 9.12. The molecule has 0 saturated carbocycles. The summed E-state index contributed by atoms with van der Waals surface area (Å²) in [7, 11) is 4.74. The van der Waals surface area contributed by atoms with Crippen LogP contribution in [0.2, 0.25) is 0 Å². The number of nitro groups is 1. The molecule has 3 aromatic rings. The molecule has 0 saturated heterocycles. The highest BCUT2D eigenvalue weighted by Crippen LogP contribution is 2.52. The first-order chi connectivity index (χ1) is 14.2. The zero-order valence-corrected chi connectivity index (χ0v) is 19.0. The lowest BCUT2D eigenvalue weighted by atomic mass is 9.87. The van der Waals surface area contributed by atoms with Crippen molar-refractivity contribution in [3.05, 3.63) is 66.8 Å². The Kier molecular flexibility index (Phi) is 5.21. The molecule has 30 heavy (non-hydrogen) atoms. The lowest BCUT2D eigenvalue weighted by Gasteiger charge is -2.43. The molecule has 0 fully saturated rings. The maximum atomic E-state index is 13.5. The van der Waals surface area contributed by atoms with E-state index in [-0.39, 0.29) is 18.0 Å². The molecule has 154 valence electrons. The Balaban J connectivity index is 1.78. The van der Waals surface area contributed by atoms with Crippen LogP contribution in [0.3, 0.4) is 0 Å². The fourth-order valence-corrected chi connectivity index (χ4v) is 7.05. The summed E-state index contributed by atoms with van der Waals surface area (Å²) in [4.78, 5) is 26.8. The van der Waals surface area contributed by atoms with E-state index in [1.165, 1.54) is 22.5 Å². The third-order valence-electron chi connectivity index (χ3n) is 5.21. The van der Waals surface area contributed by atoms with E-state index in [1.54, 1.807) is 29.6 Å². The van der Waals surface area contributed by atoms with Gasteiger partial charge in [-0.15, -0.1) is 0 Å². The van der Waals surface area contributed by atoms with Crippen LogP contribution >= 0.6 is 32.9 Å². The highest BCUT2D eigenvalue weighted by Gasteiger charge is 2.42. The van der Waals surface area contributed by atoms with Gasteiger partial charge in [-0.1, -0.05) is 45.0 Å². The molecule has 1 aromatic heterocycles. The predicted octanol–water partition coefficient (Wildman–Crippen LogP) is 5.95. The fourth-order valence-electron chi connectivity index (χ4n) is 3.77. The molecule has 0 unspecified atom stereocenters. The summed E-state index contributed by atoms with van der Waals surface area (Å²) >= 11 is 5.60. The molecule has 0 radical (unpaired) electrons. The van der Waals surface area contributed by atoms with Crippen LogP contribution in [-0.4, -0.2) is 17.9 Å². The van der Waals surface area contributed by atoms with Crippen molar-refractivity contribution in [3.63, 3.8) is 0 Å². The third kappa shape index (κ3) is 3.32. The van der Waals surface area contributed by atoms with Crippen LogP contribution in [-0.2, 0) is 16.8 Å². The van der Waals surface area contributed by atoms with Crippen LogP contribution in [0.4, 0.5) is 11.4 Å². The molecule has 2 heterocycles. The number of amides is 1. The molecule has 0 bridgehead atoms. The average Bonchev–Trinajstić information content (AvgIpc) is 3.11. The highest BCUT2D eigenvalue weighted by atomic mass is 32.9. The lowest BCUT2D eigenvalue weighted by molar-refractivity contribution is -0.384. The first-order valence-corrected chi connectivity index (χ1v) is 11.7. The van der Waals surface area contributed by atoms with Gasteiger partial charge in [0, 0.05) is 23.3 Å². The van der Waals surface area contributed by atoms with E-state index in [0.29, 0.717) is 5.75 Å². The minimum Gasteiger partial charge on any atom is -0.497 e. The Labute approximate surface area is 185 Å². The van der Waals surface area contributed by atoms with E-state index in [2.05, 4.69) is 0 Å². The number of benzene rings is 2. The van der Waals surface area contributed by atoms with Gasteiger partial charge in [-0.3, -0.25) is 14.9 Å². The van der Waals surface area contributed by atoms with Crippen LogP contribution in [0.5, 0.6) is 5.75 Å². The van der Waals surface area contributed by atoms with Crippen molar-refractivity contribution in [2.24, 2.45) is 0 Å². The van der Waals surface area contributed by atoms with Crippen LogP contribution in [0.25, 0.3) is 11.1 Å². The molecule has 4 rings (SSSR count). The number of rotatable bonds is 4. The number of carbonyl (C=O) groups excluding carboxylic acids is 1. The van der Waals surface area contributed by atoms with Gasteiger partial charge in [0.25, 0.3) is 5.69 Å². The number of nitrogens with zero attached hydrogens (tertiary/aromatic N) is 2. The summed E-state index contributed by atoms with van der Waals surface area (Å²) in [5, 5.41) is 10.9. The van der Waals surface area contributed by atoms with Gasteiger partial charge in [-0.25, -0.2) is 0 Å². The van der Waals surface area contributed by atoms with Gasteiger partial charge < -0.3 is 9.64 Å². The van der Waals surface area contributed by atoms with Gasteiger partial charge >= 0.3 is 0 Å². The van der Waals surface area contributed by atoms with Gasteiger partial charge in [0.05, 0.1) is 34.6 Å². The van der Waals surface area contributed by atoms with Crippen molar-refractivity contribution < 1.29 is 14.5 Å². The predicted molar refractivity (Wildman–Crippen MR) is 122 cm³/mol. The zero-order chi connectivity index (χ0) is 21.6. The smallest absolute Gasteiger partial charge is 0.269 e. The van der Waals surface area contributed by atoms with Crippen LogP contribution < -0.4 is 9.64 Å². The third-order valence-corrected chi connectivity index (χ3v) is 8.54. The minimum absolute atomic E-state index is 0.00429. The van der Waals surface area contributed by atoms with E-state index in [0.717, 1.165) is 31.1 Å². The molecule has 1 aliphatic rings. The maximum absolute atomic E-state index is 13.5. The monoisotopic (exact) mass is 458 g/mol. The molecule has 1 amide bonds. The van der Waals surface area contributed by atoms with E-state index >= 15 is 0 Å². The fraction of sp³-hybridized carbons (Fsp3) is 0.238. The van der Waals surface area contributed by atoms with Gasteiger partial charge in [0.1, 0.15) is 9.57 Å². The van der Waals surface area contributed by atoms with Crippen molar-refractivity contribution in [1.82, 2.24) is 0 Å². The van der Waals surface area contributed by atoms with E-state index in [4.69, 9.17) is 17.0 Å². The number of hydrogen-bond acceptors (Lipinski definition) is 7. The van der Waals surface area contributed by atoms with Crippen LogP contribution in [0.1, 0.15) is 24.3 Å². The van der Waals surface area contributed by atoms with E-state index < -0.39 is 10.5 Å². The summed E-state index contributed by atoms with van der Waals surface area (Å²) < 4.78 is 6.21. The highest BCUT2D eigenvalue weighted by molar-refractivity contribution is 7.80. The number of anilines is 1. The molecular weight excluding hydrogens is 440 g/mol. The Hall–Kier alpha value is -2.62. The SMILES string of the molecule is COc1ccc2c(c1)-c1c(ssc1=S)C(C)(C)N2C(=O)Cc1ccc([N+](=O)[O-])cc1. The molecule has 2 aromatic carbocycles. The van der Waals surface area contributed by atoms with E-state index in [1.807, 2.05) is 36.9 Å². The second-order valence-corrected chi connectivity index (χ2v) is 10.2. The van der Waals surface area contributed by atoms with Gasteiger partial charge in [-0.2, -0.15) is 0 Å². The normalized spacial score (nSPS) is 14.0. The van der Waals surface area contributed by atoms with Crippen molar-refractivity contribution in [3.8, 4) is 16.9 Å². The summed E-state index contributed by atoms with van der Waals surface area (Å²) in [6.45, 7) is 4.04. The summed E-state index contributed by atoms with van der Waals surface area (Å²) in [5.74, 6) is 0.614. The van der Waals surface area contributed by atoms with Gasteiger partial charge in [0.2, 0.25) is 5.91 Å². The molecular formula is C21H18N2O4S3. The summed E-state index contributed by atoms with van der Waals surface area (Å²) in [6, 6.07) is 11.7. The molecule has 0 atom stereocenters. The van der Waals surface area contributed by atoms with Crippen molar-refractivity contribution in [2.75, 3.05) is 12.0 Å². The van der Waals surface area contributed by atoms with Crippen molar-refractivity contribution >= 4 is 50.2 Å². The Morgan fingerprint density at radius 2 is 1.90 bits per heavy atom. The number of methoxy groups -OCH3 is 1. The topological polar surface area (TPSA) is 72.7 Å². The number of nitro benzene ring substituents is 1. The minimum atomic E-state index is -0.576. The number of hydrogen-bond donors (Lipinski definition) is 0. The molecule has 6 nitrogen and oxygen atoms in total. The Morgan fingerprint density at radius 3 is 2.53 bits per heavy atom. The molecule has 0 aliphatic carbocycles. The number of carbonyl (C=O) groups is 1. The van der Waals surface area contributed by atoms with Gasteiger partial charge in [0.15, 0.2) is 0 Å². The Bertz CT molecular complexity index is 1210. The van der Waals surface area contributed by atoms with Crippen molar-refractivity contribution in [1.29, 1.82) is 0 Å². The second kappa shape index (κ2) is 7.57. The average molecular weight is 459 g/mol. The summed E-state index contributed by atoms with van der Waals surface area (Å²) in [5.41, 5.74) is 2.83. The number of non-ortho nitro benzene ring substituents is 1. The zero-order valence-electron chi connectivity index (χ0n) is 16.5. The maximum Gasteiger partial charge on any atom is 0.269 e. The number of ether oxygens (including phenoxy) is 1. The Morgan fingerprint density at radius 1 is 1.20 bits per heavy atom. The van der Waals surface area contributed by atoms with E-state index in [9.17, 15) is 14.9 Å². The van der Waals surface area contributed by atoms with Crippen LogP contribution in [0, 0.1) is 13.9 Å². The molecule has 1 aliphatic heterocycles. The lowest BCUT2D eigenvalue weighted by Crippen LogP contribution is -2.48. The van der Waals surface area contributed by atoms with Gasteiger partial charge in [-0.05, 0) is 37.6 Å².